The van der Waals surface area contributed by atoms with Crippen LogP contribution in [0.5, 0.6) is 0 Å². The van der Waals surface area contributed by atoms with Crippen LogP contribution in [0.15, 0.2) is 18.2 Å². The highest BCUT2D eigenvalue weighted by molar-refractivity contribution is 5.91. The summed E-state index contributed by atoms with van der Waals surface area (Å²) in [7, 11) is 0. The molecule has 1 aromatic carbocycles. The molecular weight excluding hydrogens is 219 g/mol. The van der Waals surface area contributed by atoms with Crippen LogP contribution in [0, 0.1) is 11.7 Å². The average Bonchev–Trinajstić information content (AvgIpc) is 2.27. The first-order chi connectivity index (χ1) is 8.06. The number of ether oxygens (including phenoxy) is 1. The van der Waals surface area contributed by atoms with Gasteiger partial charge in [-0.15, -0.1) is 0 Å². The molecule has 0 aliphatic rings. The molecule has 94 valence electrons. The molecule has 0 atom stereocenters. The fourth-order valence-electron chi connectivity index (χ4n) is 1.65. The lowest BCUT2D eigenvalue weighted by molar-refractivity contribution is 0.0524. The van der Waals surface area contributed by atoms with Crippen molar-refractivity contribution in [3.63, 3.8) is 0 Å². The van der Waals surface area contributed by atoms with E-state index in [4.69, 9.17) is 4.74 Å². The molecule has 0 aliphatic carbocycles. The molecule has 0 N–H and O–H groups in total. The number of hydrogen-bond donors (Lipinski definition) is 0. The maximum atomic E-state index is 13.7. The number of carbonyl (C=O) groups excluding carboxylic acids is 1. The smallest absolute Gasteiger partial charge is 0.338 e. The minimum atomic E-state index is -0.439. The number of carbonyl (C=O) groups is 1. The lowest BCUT2D eigenvalue weighted by Crippen LogP contribution is -2.10. The summed E-state index contributed by atoms with van der Waals surface area (Å²) in [6.07, 6.45) is 1.42. The second-order valence-electron chi connectivity index (χ2n) is 4.42. The minimum Gasteiger partial charge on any atom is -0.462 e. The molecular formula is C14H19FO2. The van der Waals surface area contributed by atoms with Crippen molar-refractivity contribution < 1.29 is 13.9 Å². The van der Waals surface area contributed by atoms with Crippen LogP contribution in [0.3, 0.4) is 0 Å². The van der Waals surface area contributed by atoms with Gasteiger partial charge in [0.2, 0.25) is 0 Å². The fraction of sp³-hybridized carbons (Fsp3) is 0.500. The summed E-state index contributed by atoms with van der Waals surface area (Å²) < 4.78 is 18.6. The van der Waals surface area contributed by atoms with Crippen molar-refractivity contribution in [2.75, 3.05) is 6.61 Å². The Balaban J connectivity index is 2.95. The van der Waals surface area contributed by atoms with Crippen molar-refractivity contribution in [1.29, 1.82) is 0 Å². The Morgan fingerprint density at radius 2 is 2.12 bits per heavy atom. The van der Waals surface area contributed by atoms with Crippen LogP contribution >= 0.6 is 0 Å². The average molecular weight is 238 g/mol. The lowest BCUT2D eigenvalue weighted by Gasteiger charge is -2.11. The summed E-state index contributed by atoms with van der Waals surface area (Å²) in [6, 6.07) is 4.55. The second kappa shape index (κ2) is 6.38. The first kappa shape index (κ1) is 13.7. The first-order valence-electron chi connectivity index (χ1n) is 6.00. The van der Waals surface area contributed by atoms with Gasteiger partial charge in [0, 0.05) is 5.56 Å². The van der Waals surface area contributed by atoms with E-state index in [2.05, 4.69) is 13.8 Å². The minimum absolute atomic E-state index is 0.305. The highest BCUT2D eigenvalue weighted by Gasteiger charge is 2.15. The van der Waals surface area contributed by atoms with Crippen molar-refractivity contribution >= 4 is 5.97 Å². The molecule has 0 saturated heterocycles. The zero-order valence-corrected chi connectivity index (χ0v) is 10.6. The van der Waals surface area contributed by atoms with E-state index in [0.717, 1.165) is 6.42 Å². The van der Waals surface area contributed by atoms with Crippen LogP contribution in [-0.2, 0) is 11.2 Å². The fourth-order valence-corrected chi connectivity index (χ4v) is 1.65. The molecule has 0 bridgehead atoms. The van der Waals surface area contributed by atoms with Crippen LogP contribution in [0.2, 0.25) is 0 Å². The number of esters is 1. The summed E-state index contributed by atoms with van der Waals surface area (Å²) in [5.74, 6) is -0.286. The van der Waals surface area contributed by atoms with Gasteiger partial charge in [-0.25, -0.2) is 9.18 Å². The van der Waals surface area contributed by atoms with Crippen LogP contribution in [0.4, 0.5) is 4.39 Å². The molecule has 0 fully saturated rings. The molecule has 0 amide bonds. The molecule has 0 radical (unpaired) electrons. The third-order valence-corrected chi connectivity index (χ3v) is 2.59. The molecule has 0 heterocycles. The zero-order valence-electron chi connectivity index (χ0n) is 10.6. The summed E-state index contributed by atoms with van der Waals surface area (Å²) >= 11 is 0. The quantitative estimate of drug-likeness (QED) is 0.733. The molecule has 0 aliphatic heterocycles. The molecule has 1 rings (SSSR count). The van der Waals surface area contributed by atoms with Crippen molar-refractivity contribution in [2.45, 2.75) is 33.6 Å². The maximum absolute atomic E-state index is 13.7. The highest BCUT2D eigenvalue weighted by atomic mass is 19.1. The highest BCUT2D eigenvalue weighted by Crippen LogP contribution is 2.18. The molecule has 17 heavy (non-hydrogen) atoms. The predicted octanol–water partition coefficient (Wildman–Crippen LogP) is 3.59. The SMILES string of the molecule is CCOC(=O)c1cccc(F)c1CCC(C)C. The monoisotopic (exact) mass is 238 g/mol. The van der Waals surface area contributed by atoms with Gasteiger partial charge in [0.25, 0.3) is 0 Å². The van der Waals surface area contributed by atoms with E-state index in [1.165, 1.54) is 6.07 Å². The van der Waals surface area contributed by atoms with Gasteiger partial charge in [0.05, 0.1) is 12.2 Å². The van der Waals surface area contributed by atoms with Crippen LogP contribution in [0.25, 0.3) is 0 Å². The van der Waals surface area contributed by atoms with E-state index in [9.17, 15) is 9.18 Å². The summed E-state index contributed by atoms with van der Waals surface area (Å²) in [4.78, 5) is 11.7. The van der Waals surface area contributed by atoms with E-state index in [-0.39, 0.29) is 5.82 Å². The van der Waals surface area contributed by atoms with Crippen LogP contribution in [-0.4, -0.2) is 12.6 Å². The molecule has 0 spiro atoms. The van der Waals surface area contributed by atoms with E-state index in [1.807, 2.05) is 0 Å². The Morgan fingerprint density at radius 1 is 1.41 bits per heavy atom. The number of rotatable bonds is 5. The normalized spacial score (nSPS) is 10.6. The molecule has 0 unspecified atom stereocenters. The van der Waals surface area contributed by atoms with Crippen LogP contribution < -0.4 is 0 Å². The van der Waals surface area contributed by atoms with Gasteiger partial charge in [-0.1, -0.05) is 19.9 Å². The van der Waals surface area contributed by atoms with E-state index in [0.29, 0.717) is 30.1 Å². The number of halogens is 1. The van der Waals surface area contributed by atoms with Crippen molar-refractivity contribution in [1.82, 2.24) is 0 Å². The lowest BCUT2D eigenvalue weighted by atomic mass is 9.98. The van der Waals surface area contributed by atoms with Gasteiger partial charge < -0.3 is 4.74 Å². The van der Waals surface area contributed by atoms with E-state index < -0.39 is 5.97 Å². The van der Waals surface area contributed by atoms with Crippen molar-refractivity contribution in [2.24, 2.45) is 5.92 Å². The molecule has 1 aromatic rings. The van der Waals surface area contributed by atoms with Gasteiger partial charge in [-0.2, -0.15) is 0 Å². The largest absolute Gasteiger partial charge is 0.462 e. The van der Waals surface area contributed by atoms with Crippen LogP contribution in [0.1, 0.15) is 43.1 Å². The number of hydrogen-bond acceptors (Lipinski definition) is 2. The molecule has 3 heteroatoms. The van der Waals surface area contributed by atoms with Crippen molar-refractivity contribution in [3.05, 3.63) is 35.1 Å². The van der Waals surface area contributed by atoms with Gasteiger partial charge in [0.1, 0.15) is 5.82 Å². The van der Waals surface area contributed by atoms with Gasteiger partial charge in [-0.05, 0) is 37.8 Å². The number of benzene rings is 1. The first-order valence-corrected chi connectivity index (χ1v) is 6.00. The Bertz CT molecular complexity index is 386. The summed E-state index contributed by atoms with van der Waals surface area (Å²) in [5, 5.41) is 0. The Hall–Kier alpha value is -1.38. The topological polar surface area (TPSA) is 26.3 Å². The second-order valence-corrected chi connectivity index (χ2v) is 4.42. The third kappa shape index (κ3) is 3.84. The van der Waals surface area contributed by atoms with E-state index in [1.54, 1.807) is 19.1 Å². The summed E-state index contributed by atoms with van der Waals surface area (Å²) in [6.45, 7) is 6.19. The molecule has 2 nitrogen and oxygen atoms in total. The standard InChI is InChI=1S/C14H19FO2/c1-4-17-14(16)12-6-5-7-13(15)11(12)9-8-10(2)3/h5-7,10H,4,8-9H2,1-3H3. The summed E-state index contributed by atoms with van der Waals surface area (Å²) in [5.41, 5.74) is 0.826. The zero-order chi connectivity index (χ0) is 12.8. The van der Waals surface area contributed by atoms with Gasteiger partial charge in [0.15, 0.2) is 0 Å². The maximum Gasteiger partial charge on any atom is 0.338 e. The predicted molar refractivity (Wildman–Crippen MR) is 65.5 cm³/mol. The third-order valence-electron chi connectivity index (χ3n) is 2.59. The molecule has 0 aromatic heterocycles. The Kier molecular flexibility index (Phi) is 5.13. The molecule has 0 saturated carbocycles. The van der Waals surface area contributed by atoms with Gasteiger partial charge in [-0.3, -0.25) is 0 Å². The van der Waals surface area contributed by atoms with E-state index >= 15 is 0 Å². The Labute approximate surface area is 102 Å². The van der Waals surface area contributed by atoms with Crippen molar-refractivity contribution in [3.8, 4) is 0 Å². The van der Waals surface area contributed by atoms with Gasteiger partial charge >= 0.3 is 5.97 Å². The Morgan fingerprint density at radius 3 is 2.71 bits per heavy atom.